The molecule has 1 N–H and O–H groups in total. The summed E-state index contributed by atoms with van der Waals surface area (Å²) < 4.78 is 13.1. The molecule has 1 saturated heterocycles. The molecule has 4 aromatic heterocycles. The van der Waals surface area contributed by atoms with Crippen LogP contribution in [-0.4, -0.2) is 54.4 Å². The Morgan fingerprint density at radius 2 is 1.90 bits per heavy atom. The number of fused-ring (bicyclic) bond motifs is 1. The van der Waals surface area contributed by atoms with Crippen molar-refractivity contribution in [1.29, 1.82) is 0 Å². The maximum absolute atomic E-state index is 11.8. The van der Waals surface area contributed by atoms with Crippen LogP contribution >= 0.6 is 0 Å². The fraction of sp³-hybridized carbons (Fsp3) is 0.419. The number of anilines is 1. The van der Waals surface area contributed by atoms with Gasteiger partial charge in [-0.3, -0.25) is 19.5 Å². The average Bonchev–Trinajstić information content (AvgIpc) is 3.64. The van der Waals surface area contributed by atoms with Gasteiger partial charge in [0.15, 0.2) is 0 Å². The minimum absolute atomic E-state index is 0.0188. The minimum atomic E-state index is -0.639. The van der Waals surface area contributed by atoms with Crippen LogP contribution in [0.2, 0.25) is 0 Å². The van der Waals surface area contributed by atoms with Gasteiger partial charge in [0.25, 0.3) is 0 Å². The monoisotopic (exact) mass is 566 g/mol. The van der Waals surface area contributed by atoms with Crippen LogP contribution in [0.15, 0.2) is 64.3 Å². The first-order valence-electron chi connectivity index (χ1n) is 14.8. The predicted molar refractivity (Wildman–Crippen MR) is 158 cm³/mol. The Hall–Kier alpha value is -4.38. The molecule has 1 aliphatic heterocycles. The Kier molecular flexibility index (Phi) is 7.25. The highest BCUT2D eigenvalue weighted by Gasteiger charge is 2.31. The molecule has 5 aromatic rings. The highest BCUT2D eigenvalue weighted by atomic mass is 16.5. The van der Waals surface area contributed by atoms with Crippen molar-refractivity contribution in [2.24, 2.45) is 11.8 Å². The number of nitrogens with zero attached hydrogens (tertiary/aromatic N) is 7. The number of aromatic nitrogens is 7. The number of nitrogens with one attached hydrogen (secondary N) is 1. The third-order valence-electron chi connectivity index (χ3n) is 8.66. The van der Waals surface area contributed by atoms with Crippen LogP contribution in [0, 0.1) is 11.8 Å². The zero-order chi connectivity index (χ0) is 28.5. The molecule has 1 aromatic carbocycles. The van der Waals surface area contributed by atoms with Crippen LogP contribution < -0.4 is 10.7 Å². The summed E-state index contributed by atoms with van der Waals surface area (Å²) in [6.45, 7) is 5.07. The molecule has 2 aliphatic rings. The van der Waals surface area contributed by atoms with Gasteiger partial charge in [-0.25, -0.2) is 14.8 Å². The number of morpholine rings is 1. The van der Waals surface area contributed by atoms with Gasteiger partial charge in [-0.15, -0.1) is 0 Å². The summed E-state index contributed by atoms with van der Waals surface area (Å²) >= 11 is 0. The van der Waals surface area contributed by atoms with Crippen molar-refractivity contribution in [3.05, 3.63) is 71.1 Å². The van der Waals surface area contributed by atoms with E-state index in [9.17, 15) is 4.79 Å². The van der Waals surface area contributed by atoms with E-state index in [1.54, 1.807) is 18.6 Å². The largest absolute Gasteiger partial charge is 0.439 e. The van der Waals surface area contributed by atoms with E-state index >= 15 is 0 Å². The van der Waals surface area contributed by atoms with E-state index in [2.05, 4.69) is 60.8 Å². The number of H-pyrrole nitrogens is 1. The Balaban J connectivity index is 1.40. The number of aromatic amines is 1. The molecule has 0 bridgehead atoms. The van der Waals surface area contributed by atoms with Gasteiger partial charge < -0.3 is 14.2 Å². The molecule has 1 atom stereocenters. The lowest BCUT2D eigenvalue weighted by molar-refractivity contribution is 0.0928. The lowest BCUT2D eigenvalue weighted by Gasteiger charge is -2.37. The maximum Gasteiger partial charge on any atom is 0.439 e. The molecular formula is C31H34N8O3. The van der Waals surface area contributed by atoms with Gasteiger partial charge >= 0.3 is 5.76 Å². The second-order valence-electron chi connectivity index (χ2n) is 11.4. The molecule has 7 rings (SSSR count). The first-order valence-corrected chi connectivity index (χ1v) is 14.8. The predicted octanol–water partition coefficient (Wildman–Crippen LogP) is 5.03. The van der Waals surface area contributed by atoms with E-state index in [-0.39, 0.29) is 11.9 Å². The van der Waals surface area contributed by atoms with Crippen LogP contribution in [0.4, 0.5) is 5.95 Å². The van der Waals surface area contributed by atoms with Crippen molar-refractivity contribution >= 4 is 17.0 Å². The number of rotatable bonds is 7. The summed E-state index contributed by atoms with van der Waals surface area (Å²) in [6, 6.07) is 12.3. The van der Waals surface area contributed by atoms with Gasteiger partial charge in [0.1, 0.15) is 17.1 Å². The summed E-state index contributed by atoms with van der Waals surface area (Å²) in [5.41, 5.74) is 4.53. The summed E-state index contributed by atoms with van der Waals surface area (Å²) in [7, 11) is 0. The fourth-order valence-corrected chi connectivity index (χ4v) is 6.36. The molecule has 11 nitrogen and oxygen atoms in total. The number of aryl methyl sites for hydroxylation is 1. The Morgan fingerprint density at radius 1 is 1.05 bits per heavy atom. The van der Waals surface area contributed by atoms with Crippen molar-refractivity contribution in [2.45, 2.75) is 51.6 Å². The molecule has 0 radical (unpaired) electrons. The summed E-state index contributed by atoms with van der Waals surface area (Å²) in [5.74, 6) is 1.96. The van der Waals surface area contributed by atoms with Crippen molar-refractivity contribution in [1.82, 2.24) is 34.6 Å². The molecule has 216 valence electrons. The van der Waals surface area contributed by atoms with E-state index in [4.69, 9.17) is 19.2 Å². The first kappa shape index (κ1) is 26.5. The summed E-state index contributed by atoms with van der Waals surface area (Å²) in [6.07, 6.45) is 11.2. The SMILES string of the molecule is CC1CCC(CCn2c(N3CCOCC3c3ccccc3)nc3cc(-c4noc(=O)[nH]4)nc(-c4cnccn4)c32)CC1. The van der Waals surface area contributed by atoms with Crippen LogP contribution in [-0.2, 0) is 11.3 Å². The van der Waals surface area contributed by atoms with Crippen LogP contribution in [0.3, 0.4) is 0 Å². The number of benzene rings is 1. The average molecular weight is 567 g/mol. The number of pyridine rings is 1. The van der Waals surface area contributed by atoms with Crippen LogP contribution in [0.25, 0.3) is 33.9 Å². The van der Waals surface area contributed by atoms with Gasteiger partial charge in [0.2, 0.25) is 11.8 Å². The maximum atomic E-state index is 11.8. The second kappa shape index (κ2) is 11.5. The third-order valence-corrected chi connectivity index (χ3v) is 8.66. The molecule has 1 unspecified atom stereocenters. The summed E-state index contributed by atoms with van der Waals surface area (Å²) in [4.78, 5) is 35.9. The van der Waals surface area contributed by atoms with Crippen molar-refractivity contribution in [3.8, 4) is 22.9 Å². The van der Waals surface area contributed by atoms with E-state index in [1.165, 1.54) is 31.2 Å². The molecule has 42 heavy (non-hydrogen) atoms. The Labute approximate surface area is 243 Å². The Morgan fingerprint density at radius 3 is 2.67 bits per heavy atom. The normalized spacial score (nSPS) is 21.2. The van der Waals surface area contributed by atoms with Gasteiger partial charge in [-0.2, -0.15) is 0 Å². The van der Waals surface area contributed by atoms with Gasteiger partial charge in [-0.05, 0) is 29.9 Å². The Bertz CT molecular complexity index is 1710. The standard InChI is InChI=1S/C31H34N8O3/c1-20-7-9-21(10-8-20)11-14-39-28-23(35-30(39)38-15-16-41-19-26(38)22-5-3-2-4-6-22)17-24(29-36-31(40)42-37-29)34-27(28)25-18-32-12-13-33-25/h2-6,12-13,17-18,20-21,26H,7-11,14-16,19H2,1H3,(H,36,37,40). The van der Waals surface area contributed by atoms with Gasteiger partial charge in [0, 0.05) is 25.5 Å². The number of hydrogen-bond acceptors (Lipinski definition) is 9. The highest BCUT2D eigenvalue weighted by Crippen LogP contribution is 2.38. The molecule has 1 saturated carbocycles. The smallest absolute Gasteiger partial charge is 0.377 e. The van der Waals surface area contributed by atoms with E-state index in [1.807, 2.05) is 12.1 Å². The number of hydrogen-bond donors (Lipinski definition) is 1. The van der Waals surface area contributed by atoms with E-state index in [0.29, 0.717) is 42.8 Å². The second-order valence-corrected chi connectivity index (χ2v) is 11.4. The summed E-state index contributed by atoms with van der Waals surface area (Å²) in [5, 5.41) is 3.90. The zero-order valence-corrected chi connectivity index (χ0v) is 23.6. The zero-order valence-electron chi connectivity index (χ0n) is 23.6. The van der Waals surface area contributed by atoms with Crippen molar-refractivity contribution in [2.75, 3.05) is 24.7 Å². The molecule has 0 spiro atoms. The lowest BCUT2D eigenvalue weighted by Crippen LogP contribution is -2.41. The van der Waals surface area contributed by atoms with Crippen LogP contribution in [0.1, 0.15) is 50.6 Å². The molecule has 0 amide bonds. The van der Waals surface area contributed by atoms with Crippen molar-refractivity contribution in [3.63, 3.8) is 0 Å². The molecule has 1 aliphatic carbocycles. The lowest BCUT2D eigenvalue weighted by atomic mass is 9.81. The third kappa shape index (κ3) is 5.20. The van der Waals surface area contributed by atoms with Gasteiger partial charge in [-0.1, -0.05) is 68.1 Å². The van der Waals surface area contributed by atoms with Gasteiger partial charge in [0.05, 0.1) is 36.5 Å². The molecule has 2 fully saturated rings. The molecular weight excluding hydrogens is 532 g/mol. The van der Waals surface area contributed by atoms with Crippen molar-refractivity contribution < 1.29 is 9.26 Å². The number of ether oxygens (including phenoxy) is 1. The van der Waals surface area contributed by atoms with E-state index < -0.39 is 5.76 Å². The molecule has 11 heteroatoms. The minimum Gasteiger partial charge on any atom is -0.377 e. The first-order chi connectivity index (χ1) is 20.6. The quantitative estimate of drug-likeness (QED) is 0.289. The van der Waals surface area contributed by atoms with E-state index in [0.717, 1.165) is 35.9 Å². The van der Waals surface area contributed by atoms with Crippen LogP contribution in [0.5, 0.6) is 0 Å². The topological polar surface area (TPSA) is 128 Å². The molecule has 5 heterocycles. The number of imidazole rings is 1. The highest BCUT2D eigenvalue weighted by molar-refractivity contribution is 5.93. The fourth-order valence-electron chi connectivity index (χ4n) is 6.36.